The molecule has 4 nitrogen and oxygen atoms in total. The van der Waals surface area contributed by atoms with E-state index in [0.29, 0.717) is 0 Å². The predicted octanol–water partition coefficient (Wildman–Crippen LogP) is 3.76. The van der Waals surface area contributed by atoms with Crippen LogP contribution < -0.4 is 4.74 Å². The van der Waals surface area contributed by atoms with Crippen LogP contribution in [0.3, 0.4) is 0 Å². The molecule has 0 bridgehead atoms. The molecule has 1 aromatic carbocycles. The summed E-state index contributed by atoms with van der Waals surface area (Å²) in [5.74, 6) is 1.76. The van der Waals surface area contributed by atoms with E-state index in [1.807, 2.05) is 16.9 Å². The molecule has 1 fully saturated rings. The van der Waals surface area contributed by atoms with Crippen LogP contribution >= 0.6 is 0 Å². The van der Waals surface area contributed by atoms with E-state index in [-0.39, 0.29) is 0 Å². The molecular formula is C20H29N3O. The quantitative estimate of drug-likeness (QED) is 0.776. The number of aryl methyl sites for hydroxylation is 2. The number of ether oxygens (including phenoxy) is 1. The van der Waals surface area contributed by atoms with E-state index in [4.69, 9.17) is 4.74 Å². The molecular weight excluding hydrogens is 298 g/mol. The second-order valence-electron chi connectivity index (χ2n) is 6.84. The minimum Gasteiger partial charge on any atom is -0.497 e. The van der Waals surface area contributed by atoms with Crippen LogP contribution in [0.25, 0.3) is 0 Å². The minimum absolute atomic E-state index is 0.797. The van der Waals surface area contributed by atoms with Crippen LogP contribution in [0.15, 0.2) is 36.7 Å². The van der Waals surface area contributed by atoms with Crippen molar-refractivity contribution in [3.05, 3.63) is 47.8 Å². The third kappa shape index (κ3) is 4.60. The monoisotopic (exact) mass is 327 g/mol. The summed E-state index contributed by atoms with van der Waals surface area (Å²) >= 11 is 0. The maximum absolute atomic E-state index is 5.33. The number of rotatable bonds is 7. The second kappa shape index (κ2) is 8.34. The summed E-state index contributed by atoms with van der Waals surface area (Å²) in [6.07, 6.45) is 9.27. The Hall–Kier alpha value is -1.81. The Morgan fingerprint density at radius 2 is 2.21 bits per heavy atom. The molecule has 0 saturated carbocycles. The smallest absolute Gasteiger partial charge is 0.119 e. The predicted molar refractivity (Wildman–Crippen MR) is 97.2 cm³/mol. The van der Waals surface area contributed by atoms with Crippen molar-refractivity contribution in [1.29, 1.82) is 0 Å². The summed E-state index contributed by atoms with van der Waals surface area (Å²) in [6, 6.07) is 8.48. The maximum Gasteiger partial charge on any atom is 0.119 e. The van der Waals surface area contributed by atoms with Crippen molar-refractivity contribution < 1.29 is 4.74 Å². The molecule has 0 amide bonds. The lowest BCUT2D eigenvalue weighted by Crippen LogP contribution is -2.35. The molecule has 1 aliphatic rings. The van der Waals surface area contributed by atoms with Crippen LogP contribution in [0.4, 0.5) is 0 Å². The van der Waals surface area contributed by atoms with E-state index in [1.165, 1.54) is 43.5 Å². The van der Waals surface area contributed by atoms with Gasteiger partial charge in [-0.25, -0.2) is 0 Å². The highest BCUT2D eigenvalue weighted by Gasteiger charge is 2.20. The van der Waals surface area contributed by atoms with Crippen LogP contribution in [0.2, 0.25) is 0 Å². The van der Waals surface area contributed by atoms with Crippen LogP contribution in [0.5, 0.6) is 5.75 Å². The largest absolute Gasteiger partial charge is 0.497 e. The van der Waals surface area contributed by atoms with Gasteiger partial charge in [-0.3, -0.25) is 9.58 Å². The van der Waals surface area contributed by atoms with Gasteiger partial charge >= 0.3 is 0 Å². The molecule has 1 aliphatic heterocycles. The fourth-order valence-electron chi connectivity index (χ4n) is 3.65. The molecule has 0 N–H and O–H groups in total. The van der Waals surface area contributed by atoms with Crippen LogP contribution in [-0.2, 0) is 19.5 Å². The van der Waals surface area contributed by atoms with E-state index >= 15 is 0 Å². The van der Waals surface area contributed by atoms with Gasteiger partial charge < -0.3 is 4.74 Å². The van der Waals surface area contributed by atoms with Crippen molar-refractivity contribution in [2.45, 2.75) is 45.7 Å². The molecule has 1 atom stereocenters. The van der Waals surface area contributed by atoms with Crippen molar-refractivity contribution in [2.75, 3.05) is 20.2 Å². The average Bonchev–Trinajstić information content (AvgIpc) is 3.08. The van der Waals surface area contributed by atoms with Gasteiger partial charge in [0.2, 0.25) is 0 Å². The number of aromatic nitrogens is 2. The summed E-state index contributed by atoms with van der Waals surface area (Å²) in [6.45, 7) is 6.54. The van der Waals surface area contributed by atoms with Gasteiger partial charge in [-0.15, -0.1) is 0 Å². The van der Waals surface area contributed by atoms with E-state index in [2.05, 4.69) is 41.3 Å². The first-order valence-corrected chi connectivity index (χ1v) is 9.13. The number of benzene rings is 1. The third-order valence-corrected chi connectivity index (χ3v) is 5.00. The number of nitrogens with zero attached hydrogens (tertiary/aromatic N) is 3. The van der Waals surface area contributed by atoms with Crippen molar-refractivity contribution in [3.8, 4) is 5.75 Å². The molecule has 0 radical (unpaired) electrons. The summed E-state index contributed by atoms with van der Waals surface area (Å²) < 4.78 is 7.34. The Morgan fingerprint density at radius 1 is 1.29 bits per heavy atom. The van der Waals surface area contributed by atoms with Gasteiger partial charge in [0.1, 0.15) is 5.75 Å². The molecule has 130 valence electrons. The Bertz CT molecular complexity index is 637. The molecule has 0 unspecified atom stereocenters. The highest BCUT2D eigenvalue weighted by atomic mass is 16.5. The van der Waals surface area contributed by atoms with Gasteiger partial charge in [0.15, 0.2) is 0 Å². The van der Waals surface area contributed by atoms with Crippen LogP contribution in [0.1, 0.15) is 37.3 Å². The summed E-state index contributed by atoms with van der Waals surface area (Å²) in [7, 11) is 1.73. The lowest BCUT2D eigenvalue weighted by molar-refractivity contribution is 0.162. The van der Waals surface area contributed by atoms with Crippen molar-refractivity contribution in [2.24, 2.45) is 5.92 Å². The molecule has 1 aromatic heterocycles. The normalized spacial score (nSPS) is 18.7. The molecule has 4 heteroatoms. The summed E-state index contributed by atoms with van der Waals surface area (Å²) in [4.78, 5) is 2.59. The molecule has 1 saturated heterocycles. The van der Waals surface area contributed by atoms with E-state index in [0.717, 1.165) is 31.2 Å². The molecule has 0 spiro atoms. The van der Waals surface area contributed by atoms with Crippen molar-refractivity contribution in [1.82, 2.24) is 14.7 Å². The fraction of sp³-hybridized carbons (Fsp3) is 0.550. The SMILES string of the molecule is CCn1cc(CN2CCC[C@@H](CCc3cccc(OC)c3)C2)cn1. The van der Waals surface area contributed by atoms with Crippen LogP contribution in [0, 0.1) is 5.92 Å². The lowest BCUT2D eigenvalue weighted by Gasteiger charge is -2.32. The number of hydrogen-bond acceptors (Lipinski definition) is 3. The van der Waals surface area contributed by atoms with E-state index in [9.17, 15) is 0 Å². The molecule has 2 heterocycles. The molecule has 2 aromatic rings. The van der Waals surface area contributed by atoms with Gasteiger partial charge in [-0.2, -0.15) is 5.10 Å². The maximum atomic E-state index is 5.33. The van der Waals surface area contributed by atoms with E-state index < -0.39 is 0 Å². The number of hydrogen-bond donors (Lipinski definition) is 0. The number of methoxy groups -OCH3 is 1. The minimum atomic E-state index is 0.797. The first kappa shape index (κ1) is 17.0. The zero-order chi connectivity index (χ0) is 16.8. The Labute approximate surface area is 145 Å². The first-order chi connectivity index (χ1) is 11.8. The van der Waals surface area contributed by atoms with Crippen LogP contribution in [-0.4, -0.2) is 34.9 Å². The van der Waals surface area contributed by atoms with Gasteiger partial charge in [0.25, 0.3) is 0 Å². The van der Waals surface area contributed by atoms with Crippen molar-refractivity contribution in [3.63, 3.8) is 0 Å². The first-order valence-electron chi connectivity index (χ1n) is 9.13. The summed E-state index contributed by atoms with van der Waals surface area (Å²) in [5.41, 5.74) is 2.72. The van der Waals surface area contributed by atoms with Gasteiger partial charge in [-0.1, -0.05) is 12.1 Å². The topological polar surface area (TPSA) is 30.3 Å². The van der Waals surface area contributed by atoms with Gasteiger partial charge in [-0.05, 0) is 62.8 Å². The van der Waals surface area contributed by atoms with Gasteiger partial charge in [0.05, 0.1) is 13.3 Å². The van der Waals surface area contributed by atoms with Crippen molar-refractivity contribution >= 4 is 0 Å². The standard InChI is InChI=1S/C20H29N3O/c1-3-23-16-19(13-21-23)15-22-11-5-7-18(14-22)10-9-17-6-4-8-20(12-17)24-2/h4,6,8,12-13,16,18H,3,5,7,9-11,14-15H2,1-2H3/t18-/m0/s1. The Morgan fingerprint density at radius 3 is 3.00 bits per heavy atom. The molecule has 0 aliphatic carbocycles. The Balaban J connectivity index is 1.49. The lowest BCUT2D eigenvalue weighted by atomic mass is 9.91. The zero-order valence-corrected chi connectivity index (χ0v) is 14.9. The molecule has 24 heavy (non-hydrogen) atoms. The highest BCUT2D eigenvalue weighted by molar-refractivity contribution is 5.28. The number of likely N-dealkylation sites (tertiary alicyclic amines) is 1. The molecule has 3 rings (SSSR count). The highest BCUT2D eigenvalue weighted by Crippen LogP contribution is 2.24. The van der Waals surface area contributed by atoms with E-state index in [1.54, 1.807) is 7.11 Å². The Kier molecular flexibility index (Phi) is 5.91. The number of piperidine rings is 1. The summed E-state index contributed by atoms with van der Waals surface area (Å²) in [5, 5.41) is 4.39. The van der Waals surface area contributed by atoms with Gasteiger partial charge in [0, 0.05) is 31.4 Å². The average molecular weight is 327 g/mol. The fourth-order valence-corrected chi connectivity index (χ4v) is 3.65. The second-order valence-corrected chi connectivity index (χ2v) is 6.84. The zero-order valence-electron chi connectivity index (χ0n) is 14.9. The third-order valence-electron chi connectivity index (χ3n) is 5.00.